The second kappa shape index (κ2) is 9.05. The number of para-hydroxylation sites is 3. The van der Waals surface area contributed by atoms with Crippen LogP contribution in [0.3, 0.4) is 0 Å². The first-order valence-corrected chi connectivity index (χ1v) is 16.7. The molecule has 224 valence electrons. The van der Waals surface area contributed by atoms with Gasteiger partial charge in [-0.15, -0.1) is 0 Å². The highest BCUT2D eigenvalue weighted by Crippen LogP contribution is 2.61. The Morgan fingerprint density at radius 3 is 2.02 bits per heavy atom. The van der Waals surface area contributed by atoms with Crippen molar-refractivity contribution in [3.8, 4) is 50.5 Å². The fraction of sp³-hybridized carbons (Fsp3) is 0.0667. The van der Waals surface area contributed by atoms with E-state index >= 15 is 0 Å². The van der Waals surface area contributed by atoms with E-state index in [1.165, 1.54) is 66.1 Å². The highest BCUT2D eigenvalue weighted by Gasteiger charge is 2.42. The van der Waals surface area contributed by atoms with Gasteiger partial charge in [0.2, 0.25) is 0 Å². The summed E-state index contributed by atoms with van der Waals surface area (Å²) in [5, 5.41) is 5.08. The van der Waals surface area contributed by atoms with Gasteiger partial charge in [0.1, 0.15) is 5.69 Å². The van der Waals surface area contributed by atoms with Crippen molar-refractivity contribution in [1.82, 2.24) is 14.5 Å². The van der Waals surface area contributed by atoms with Crippen LogP contribution in [0.2, 0.25) is 0 Å². The van der Waals surface area contributed by atoms with Crippen molar-refractivity contribution in [2.75, 3.05) is 0 Å². The minimum atomic E-state index is -0.192. The molecule has 0 N–H and O–H groups in total. The van der Waals surface area contributed by atoms with Crippen LogP contribution in [0.25, 0.3) is 94.1 Å². The largest absolute Gasteiger partial charge is 0.292 e. The van der Waals surface area contributed by atoms with Crippen LogP contribution in [0.15, 0.2) is 140 Å². The molecule has 0 amide bonds. The molecule has 0 saturated carbocycles. The molecule has 3 nitrogen and oxygen atoms in total. The predicted octanol–water partition coefficient (Wildman–Crippen LogP) is 11.5. The van der Waals surface area contributed by atoms with Crippen molar-refractivity contribution in [2.45, 2.75) is 19.3 Å². The zero-order valence-corrected chi connectivity index (χ0v) is 26.6. The van der Waals surface area contributed by atoms with Crippen molar-refractivity contribution in [2.24, 2.45) is 0 Å². The molecule has 9 aromatic rings. The Balaban J connectivity index is 1.40. The van der Waals surface area contributed by atoms with Crippen LogP contribution in [-0.2, 0) is 5.41 Å². The number of hydrogen-bond donors (Lipinski definition) is 0. The number of hydrogen-bond acceptors (Lipinski definition) is 2. The molecule has 0 fully saturated rings. The first kappa shape index (κ1) is 26.1. The molecule has 48 heavy (non-hydrogen) atoms. The molecule has 0 aliphatic heterocycles. The molecule has 0 atom stereocenters. The van der Waals surface area contributed by atoms with Crippen molar-refractivity contribution in [3.05, 3.63) is 151 Å². The summed E-state index contributed by atoms with van der Waals surface area (Å²) in [6.45, 7) is 4.78. The normalized spacial score (nSPS) is 13.8. The van der Waals surface area contributed by atoms with Crippen LogP contribution in [0.5, 0.6) is 0 Å². The van der Waals surface area contributed by atoms with Crippen LogP contribution < -0.4 is 0 Å². The minimum absolute atomic E-state index is 0.192. The summed E-state index contributed by atoms with van der Waals surface area (Å²) >= 11 is 0. The van der Waals surface area contributed by atoms with E-state index in [0.717, 1.165) is 39.1 Å². The maximum Gasteiger partial charge on any atom is 0.165 e. The molecule has 2 heterocycles. The van der Waals surface area contributed by atoms with Crippen LogP contribution in [0, 0.1) is 0 Å². The van der Waals surface area contributed by atoms with E-state index in [-0.39, 0.29) is 5.41 Å². The predicted molar refractivity (Wildman–Crippen MR) is 199 cm³/mol. The number of nitrogens with zero attached hydrogens (tertiary/aromatic N) is 3. The summed E-state index contributed by atoms with van der Waals surface area (Å²) in [4.78, 5) is 10.7. The molecule has 2 aromatic heterocycles. The van der Waals surface area contributed by atoms with Gasteiger partial charge in [0.15, 0.2) is 5.82 Å². The Hall–Kier alpha value is -6.06. The average molecular weight is 612 g/mol. The first-order chi connectivity index (χ1) is 23.6. The lowest BCUT2D eigenvalue weighted by Gasteiger charge is -2.24. The Morgan fingerprint density at radius 1 is 0.500 bits per heavy atom. The molecule has 2 aliphatic carbocycles. The van der Waals surface area contributed by atoms with Gasteiger partial charge in [0.05, 0.1) is 22.1 Å². The van der Waals surface area contributed by atoms with E-state index in [0.29, 0.717) is 0 Å². The average Bonchev–Trinajstić information content (AvgIpc) is 3.53. The Bertz CT molecular complexity index is 2850. The molecule has 2 aliphatic rings. The van der Waals surface area contributed by atoms with Gasteiger partial charge in [-0.2, -0.15) is 0 Å². The van der Waals surface area contributed by atoms with Crippen molar-refractivity contribution in [3.63, 3.8) is 0 Å². The summed E-state index contributed by atoms with van der Waals surface area (Å²) in [6, 6.07) is 50.6. The molecule has 0 radical (unpaired) electrons. The summed E-state index contributed by atoms with van der Waals surface area (Å²) in [7, 11) is 0. The van der Waals surface area contributed by atoms with Gasteiger partial charge in [-0.05, 0) is 74.0 Å². The maximum atomic E-state index is 5.42. The van der Waals surface area contributed by atoms with E-state index in [1.54, 1.807) is 0 Å². The first-order valence-electron chi connectivity index (χ1n) is 16.7. The lowest BCUT2D eigenvalue weighted by Crippen LogP contribution is -2.15. The Morgan fingerprint density at radius 2 is 1.19 bits per heavy atom. The van der Waals surface area contributed by atoms with Gasteiger partial charge in [-0.3, -0.25) is 4.57 Å². The molecule has 0 spiro atoms. The van der Waals surface area contributed by atoms with E-state index < -0.39 is 0 Å². The van der Waals surface area contributed by atoms with E-state index in [2.05, 4.69) is 146 Å². The van der Waals surface area contributed by atoms with Crippen molar-refractivity contribution in [1.29, 1.82) is 0 Å². The monoisotopic (exact) mass is 611 g/mol. The second-order valence-electron chi connectivity index (χ2n) is 13.7. The van der Waals surface area contributed by atoms with Crippen LogP contribution in [-0.4, -0.2) is 14.5 Å². The second-order valence-corrected chi connectivity index (χ2v) is 13.7. The molecule has 0 unspecified atom stereocenters. The van der Waals surface area contributed by atoms with E-state index in [1.807, 2.05) is 12.1 Å². The van der Waals surface area contributed by atoms with Gasteiger partial charge in [-0.25, -0.2) is 9.97 Å². The van der Waals surface area contributed by atoms with Crippen molar-refractivity contribution >= 4 is 43.6 Å². The quantitative estimate of drug-likeness (QED) is 0.195. The third kappa shape index (κ3) is 3.18. The smallest absolute Gasteiger partial charge is 0.165 e. The number of aromatic nitrogens is 3. The highest BCUT2D eigenvalue weighted by molar-refractivity contribution is 6.26. The number of benzene rings is 7. The van der Waals surface area contributed by atoms with Crippen LogP contribution in [0.1, 0.15) is 25.0 Å². The highest BCUT2D eigenvalue weighted by atomic mass is 15.1. The number of fused-ring (bicyclic) bond motifs is 7. The lowest BCUT2D eigenvalue weighted by atomic mass is 9.80. The molecule has 0 saturated heterocycles. The summed E-state index contributed by atoms with van der Waals surface area (Å²) < 4.78 is 2.39. The van der Waals surface area contributed by atoms with Gasteiger partial charge >= 0.3 is 0 Å². The zero-order valence-electron chi connectivity index (χ0n) is 26.6. The summed E-state index contributed by atoms with van der Waals surface area (Å²) in [5.41, 5.74) is 16.5. The van der Waals surface area contributed by atoms with Gasteiger partial charge in [0.25, 0.3) is 0 Å². The molecular formula is C45H29N3. The molecular weight excluding hydrogens is 583 g/mol. The zero-order chi connectivity index (χ0) is 31.7. The van der Waals surface area contributed by atoms with Gasteiger partial charge < -0.3 is 0 Å². The van der Waals surface area contributed by atoms with Gasteiger partial charge in [-0.1, -0.05) is 129 Å². The molecule has 11 rings (SSSR count). The van der Waals surface area contributed by atoms with Crippen LogP contribution >= 0.6 is 0 Å². The van der Waals surface area contributed by atoms with E-state index in [4.69, 9.17) is 9.97 Å². The topological polar surface area (TPSA) is 30.7 Å². The number of rotatable bonds is 2. The molecule has 7 aromatic carbocycles. The third-order valence-corrected chi connectivity index (χ3v) is 10.9. The molecule has 0 bridgehead atoms. The fourth-order valence-corrected chi connectivity index (χ4v) is 8.80. The SMILES string of the molecule is CC1(C)c2cccc3c2-c2c1cc1c(c2-c2cccc4cccc-3c24)c2ccccc2n1-c1nc2ccccc2nc1-c1ccccc1. The fourth-order valence-electron chi connectivity index (χ4n) is 8.80. The summed E-state index contributed by atoms with van der Waals surface area (Å²) in [5.74, 6) is 0.847. The summed E-state index contributed by atoms with van der Waals surface area (Å²) in [6.07, 6.45) is 0. The van der Waals surface area contributed by atoms with E-state index in [9.17, 15) is 0 Å². The Labute approximate surface area is 277 Å². The Kier molecular flexibility index (Phi) is 4.91. The lowest BCUT2D eigenvalue weighted by molar-refractivity contribution is 0.661. The maximum absolute atomic E-state index is 5.42. The van der Waals surface area contributed by atoms with Crippen LogP contribution in [0.4, 0.5) is 0 Å². The van der Waals surface area contributed by atoms with Gasteiger partial charge in [0, 0.05) is 27.3 Å². The standard InChI is InChI=1S/C45H29N3/c1-45(2)32-21-12-19-29-28-18-10-15-26-16-11-20-31(38(26)28)41-40-30-17-6-9-24-36(30)48(37(40)25-33(45)42(41)39(29)32)44-43(27-13-4-3-5-14-27)46-34-22-7-8-23-35(34)47-44/h3-25H,1-2H3. The third-order valence-electron chi connectivity index (χ3n) is 10.9. The minimum Gasteiger partial charge on any atom is -0.292 e. The molecule has 3 heteroatoms. The van der Waals surface area contributed by atoms with Crippen molar-refractivity contribution < 1.29 is 0 Å².